The normalized spacial score (nSPS) is 47.0. The number of ketones is 4. The Morgan fingerprint density at radius 2 is 1.40 bits per heavy atom. The SMILES string of the molecule is CC(C)=C[C@@H](O)[C@@]12O[C@@H]1C(=O)[C@]13C(=CO[C@@H](C)[C@H]1[C@@H]1C4=C(C(=O)[C@@]5([C@@H](O)C=C(C)C)O[C@@H]5C4=O)[C@@H]3O[C@@H]1C)C2=O. The Bertz CT molecular complexity index is 1440. The molecule has 10 nitrogen and oxygen atoms in total. The Hall–Kier alpha value is -2.76. The average Bonchev–Trinajstić information content (AvgIpc) is 3.78. The van der Waals surface area contributed by atoms with Crippen LogP contribution in [0.2, 0.25) is 0 Å². The number of allylic oxidation sites excluding steroid dienone is 2. The average molecular weight is 553 g/mol. The molecule has 5 aliphatic heterocycles. The van der Waals surface area contributed by atoms with E-state index >= 15 is 0 Å². The zero-order chi connectivity index (χ0) is 28.8. The van der Waals surface area contributed by atoms with Gasteiger partial charge in [0.15, 0.2) is 40.8 Å². The van der Waals surface area contributed by atoms with Crippen LogP contribution in [0.15, 0.2) is 46.3 Å². The minimum Gasteiger partial charge on any atom is -0.498 e. The quantitative estimate of drug-likeness (QED) is 0.379. The van der Waals surface area contributed by atoms with Gasteiger partial charge in [0, 0.05) is 23.0 Å². The molecule has 3 aliphatic carbocycles. The third-order valence-electron chi connectivity index (χ3n) is 9.92. The van der Waals surface area contributed by atoms with Gasteiger partial charge in [-0.1, -0.05) is 23.3 Å². The number of ether oxygens (including phenoxy) is 4. The third kappa shape index (κ3) is 2.68. The van der Waals surface area contributed by atoms with Crippen LogP contribution in [0.4, 0.5) is 0 Å². The monoisotopic (exact) mass is 552 g/mol. The summed E-state index contributed by atoms with van der Waals surface area (Å²) in [5, 5.41) is 22.0. The van der Waals surface area contributed by atoms with Crippen molar-refractivity contribution in [3.63, 3.8) is 0 Å². The molecule has 0 aromatic heterocycles. The molecular weight excluding hydrogens is 520 g/mol. The van der Waals surface area contributed by atoms with E-state index in [9.17, 15) is 29.4 Å². The highest BCUT2D eigenvalue weighted by molar-refractivity contribution is 6.26. The van der Waals surface area contributed by atoms with Crippen molar-refractivity contribution >= 4 is 23.1 Å². The van der Waals surface area contributed by atoms with Crippen LogP contribution in [-0.4, -0.2) is 87.3 Å². The lowest BCUT2D eigenvalue weighted by atomic mass is 9.44. The first-order valence-electron chi connectivity index (χ1n) is 13.7. The van der Waals surface area contributed by atoms with Crippen LogP contribution in [0.5, 0.6) is 0 Å². The maximum Gasteiger partial charge on any atom is 0.201 e. The molecule has 2 bridgehead atoms. The van der Waals surface area contributed by atoms with Crippen LogP contribution in [0.3, 0.4) is 0 Å². The standard InChI is InChI=1S/C30H32O10/c1-10(2)7-15(31)29-22(34)14-9-37-13(6)20-17-12(5)38-25(28(14,20)24(36)27(29)40-29)19-18(17)21(33)26-30(39-26,23(19)35)16(32)8-11(3)4/h7-9,12-13,15-17,20,25-27,31-32H,1-6H3/t12-,13+,15-,16+,17+,20+,25+,26-,27-,28+,29+,30-/m1/s1. The highest BCUT2D eigenvalue weighted by Gasteiger charge is 2.86. The molecule has 1 spiro atoms. The molecule has 0 aromatic rings. The molecule has 0 amide bonds. The number of rotatable bonds is 4. The molecule has 1 saturated carbocycles. The lowest BCUT2D eigenvalue weighted by molar-refractivity contribution is -0.205. The first-order chi connectivity index (χ1) is 18.8. The second-order valence-electron chi connectivity index (χ2n) is 12.7. The molecule has 0 aromatic carbocycles. The highest BCUT2D eigenvalue weighted by atomic mass is 16.6. The lowest BCUT2D eigenvalue weighted by Crippen LogP contribution is -2.73. The van der Waals surface area contributed by atoms with Gasteiger partial charge in [0.1, 0.15) is 23.7 Å². The third-order valence-corrected chi connectivity index (χ3v) is 9.92. The van der Waals surface area contributed by atoms with Crippen molar-refractivity contribution in [2.45, 2.75) is 95.5 Å². The summed E-state index contributed by atoms with van der Waals surface area (Å²) >= 11 is 0. The van der Waals surface area contributed by atoms with Gasteiger partial charge in [-0.25, -0.2) is 0 Å². The zero-order valence-electron chi connectivity index (χ0n) is 23.1. The topological polar surface area (TPSA) is 152 Å². The molecule has 4 fully saturated rings. The lowest BCUT2D eigenvalue weighted by Gasteiger charge is -2.62. The molecule has 12 atom stereocenters. The molecule has 8 aliphatic rings. The van der Waals surface area contributed by atoms with Gasteiger partial charge in [-0.3, -0.25) is 19.2 Å². The van der Waals surface area contributed by atoms with E-state index in [0.29, 0.717) is 0 Å². The van der Waals surface area contributed by atoms with E-state index in [4.69, 9.17) is 18.9 Å². The van der Waals surface area contributed by atoms with E-state index in [1.165, 1.54) is 18.4 Å². The summed E-state index contributed by atoms with van der Waals surface area (Å²) in [5.41, 5.74) is -3.57. The summed E-state index contributed by atoms with van der Waals surface area (Å²) in [7, 11) is 0. The van der Waals surface area contributed by atoms with Crippen molar-refractivity contribution in [1.29, 1.82) is 0 Å². The summed E-state index contributed by atoms with van der Waals surface area (Å²) in [6.07, 6.45) is -3.41. The molecule has 0 unspecified atom stereocenters. The zero-order valence-corrected chi connectivity index (χ0v) is 23.1. The fourth-order valence-corrected chi connectivity index (χ4v) is 8.27. The highest BCUT2D eigenvalue weighted by Crippen LogP contribution is 2.69. The number of Topliss-reactive ketones (excluding diaryl/α,β-unsaturated/α-hetero) is 4. The molecule has 8 rings (SSSR count). The number of hydrogen-bond acceptors (Lipinski definition) is 10. The number of aliphatic hydroxyl groups excluding tert-OH is 2. The Kier molecular flexibility index (Phi) is 5.06. The van der Waals surface area contributed by atoms with Gasteiger partial charge in [-0.2, -0.15) is 0 Å². The summed E-state index contributed by atoms with van der Waals surface area (Å²) in [6, 6.07) is 0. The molecule has 40 heavy (non-hydrogen) atoms. The van der Waals surface area contributed by atoms with E-state index in [-0.39, 0.29) is 16.7 Å². The molecular formula is C30H32O10. The van der Waals surface area contributed by atoms with Gasteiger partial charge in [0.05, 0.1) is 24.0 Å². The van der Waals surface area contributed by atoms with E-state index in [1.807, 2.05) is 0 Å². The molecule has 0 radical (unpaired) electrons. The number of carbonyl (C=O) groups is 4. The Morgan fingerprint density at radius 1 is 0.825 bits per heavy atom. The largest absolute Gasteiger partial charge is 0.498 e. The molecule has 2 N–H and O–H groups in total. The maximum absolute atomic E-state index is 14.6. The Labute approximate surface area is 230 Å². The van der Waals surface area contributed by atoms with Crippen molar-refractivity contribution in [3.8, 4) is 0 Å². The van der Waals surface area contributed by atoms with Gasteiger partial charge >= 0.3 is 0 Å². The minimum atomic E-state index is -1.80. The summed E-state index contributed by atoms with van der Waals surface area (Å²) < 4.78 is 23.8. The van der Waals surface area contributed by atoms with Crippen LogP contribution < -0.4 is 0 Å². The van der Waals surface area contributed by atoms with Crippen LogP contribution in [0.25, 0.3) is 0 Å². The maximum atomic E-state index is 14.6. The number of hydrogen-bond donors (Lipinski definition) is 2. The Morgan fingerprint density at radius 3 is 2.00 bits per heavy atom. The second kappa shape index (κ2) is 7.74. The predicted octanol–water partition coefficient (Wildman–Crippen LogP) is 0.838. The molecule has 212 valence electrons. The fourth-order valence-electron chi connectivity index (χ4n) is 8.27. The van der Waals surface area contributed by atoms with Gasteiger partial charge in [0.2, 0.25) is 5.78 Å². The van der Waals surface area contributed by atoms with Gasteiger partial charge in [0.25, 0.3) is 0 Å². The smallest absolute Gasteiger partial charge is 0.201 e. The van der Waals surface area contributed by atoms with Crippen LogP contribution in [-0.2, 0) is 38.1 Å². The second-order valence-corrected chi connectivity index (χ2v) is 12.7. The summed E-state index contributed by atoms with van der Waals surface area (Å²) in [5.74, 6) is -3.55. The first-order valence-corrected chi connectivity index (χ1v) is 13.7. The van der Waals surface area contributed by atoms with Crippen LogP contribution in [0.1, 0.15) is 41.5 Å². The van der Waals surface area contributed by atoms with Crippen molar-refractivity contribution < 1.29 is 48.3 Å². The van der Waals surface area contributed by atoms with Crippen LogP contribution >= 0.6 is 0 Å². The minimum absolute atomic E-state index is 0.0153. The summed E-state index contributed by atoms with van der Waals surface area (Å²) in [4.78, 5) is 56.9. The van der Waals surface area contributed by atoms with Gasteiger partial charge in [-0.05, 0) is 41.5 Å². The van der Waals surface area contributed by atoms with E-state index in [2.05, 4.69) is 0 Å². The number of carbonyl (C=O) groups excluding carboxylic acids is 4. The number of epoxide rings is 2. The number of aliphatic hydroxyl groups is 2. The van der Waals surface area contributed by atoms with Crippen molar-refractivity contribution in [2.24, 2.45) is 17.3 Å². The van der Waals surface area contributed by atoms with E-state index in [1.54, 1.807) is 41.5 Å². The summed E-state index contributed by atoms with van der Waals surface area (Å²) in [6.45, 7) is 10.6. The van der Waals surface area contributed by atoms with Gasteiger partial charge in [-0.15, -0.1) is 0 Å². The van der Waals surface area contributed by atoms with Gasteiger partial charge < -0.3 is 29.2 Å². The van der Waals surface area contributed by atoms with Crippen molar-refractivity contribution in [3.05, 3.63) is 46.3 Å². The number of fused-ring (bicyclic) bond motifs is 3. The van der Waals surface area contributed by atoms with Crippen molar-refractivity contribution in [1.82, 2.24) is 0 Å². The predicted molar refractivity (Wildman–Crippen MR) is 136 cm³/mol. The fraction of sp³-hybridized carbons (Fsp3) is 0.600. The molecule has 3 saturated heterocycles. The van der Waals surface area contributed by atoms with E-state index < -0.39 is 94.3 Å². The van der Waals surface area contributed by atoms with Crippen molar-refractivity contribution in [2.75, 3.05) is 0 Å². The Balaban J connectivity index is 1.42. The van der Waals surface area contributed by atoms with Crippen LogP contribution in [0, 0.1) is 17.3 Å². The van der Waals surface area contributed by atoms with E-state index in [0.717, 1.165) is 11.1 Å². The molecule has 10 heteroatoms. The molecule has 5 heterocycles. The first kappa shape index (κ1) is 26.2.